The molecular weight excluding hydrogens is 427 g/mol. The fourth-order valence-electron chi connectivity index (χ4n) is 3.48. The van der Waals surface area contributed by atoms with E-state index in [0.717, 1.165) is 6.07 Å². The van der Waals surface area contributed by atoms with Gasteiger partial charge in [-0.25, -0.2) is 4.79 Å². The van der Waals surface area contributed by atoms with Crippen molar-refractivity contribution in [3.8, 4) is 0 Å². The van der Waals surface area contributed by atoms with Crippen molar-refractivity contribution in [3.05, 3.63) is 35.4 Å². The number of nitrogens with zero attached hydrogens (tertiary/aromatic N) is 2. The number of halogens is 3. The van der Waals surface area contributed by atoms with E-state index in [9.17, 15) is 27.6 Å². The summed E-state index contributed by atoms with van der Waals surface area (Å²) in [4.78, 5) is 39.1. The molecule has 0 radical (unpaired) electrons. The Hall–Kier alpha value is -3.04. The molecule has 1 aromatic carbocycles. The van der Waals surface area contributed by atoms with Crippen molar-refractivity contribution in [2.45, 2.75) is 32.0 Å². The van der Waals surface area contributed by atoms with Gasteiger partial charge in [-0.1, -0.05) is 6.07 Å². The lowest BCUT2D eigenvalue weighted by Gasteiger charge is -2.31. The Bertz CT molecular complexity index is 876. The van der Waals surface area contributed by atoms with Crippen molar-refractivity contribution in [1.29, 1.82) is 0 Å². The monoisotopic (exact) mass is 455 g/mol. The van der Waals surface area contributed by atoms with Gasteiger partial charge in [0.1, 0.15) is 6.04 Å². The SMILES string of the molecule is COC(=O)[C@H](C)NC(=O)C1CCN(C(=O)/C=C/c2ccc(N(C)C)c(C(F)(F)F)c2)CC1. The predicted molar refractivity (Wildman–Crippen MR) is 114 cm³/mol. The summed E-state index contributed by atoms with van der Waals surface area (Å²) in [5, 5.41) is 2.59. The van der Waals surface area contributed by atoms with Crippen molar-refractivity contribution in [3.63, 3.8) is 0 Å². The van der Waals surface area contributed by atoms with E-state index in [1.807, 2.05) is 0 Å². The van der Waals surface area contributed by atoms with E-state index in [4.69, 9.17) is 0 Å². The van der Waals surface area contributed by atoms with Crippen LogP contribution in [0.2, 0.25) is 0 Å². The Labute approximate surface area is 185 Å². The molecule has 1 atom stereocenters. The van der Waals surface area contributed by atoms with Gasteiger partial charge in [0.05, 0.1) is 12.7 Å². The number of amides is 2. The molecule has 176 valence electrons. The standard InChI is InChI=1S/C22H28F3N3O4/c1-14(21(31)32-4)26-20(30)16-9-11-28(12-10-16)19(29)8-6-15-5-7-18(27(2)3)17(13-15)22(23,24)25/h5-8,13-14,16H,9-12H2,1-4H3,(H,26,30)/b8-6+/t14-/m0/s1. The number of methoxy groups -OCH3 is 1. The Morgan fingerprint density at radius 3 is 2.38 bits per heavy atom. The Morgan fingerprint density at radius 2 is 1.84 bits per heavy atom. The minimum atomic E-state index is -4.51. The van der Waals surface area contributed by atoms with Gasteiger partial charge < -0.3 is 19.9 Å². The van der Waals surface area contributed by atoms with Gasteiger partial charge in [-0.2, -0.15) is 13.2 Å². The molecule has 1 N–H and O–H groups in total. The van der Waals surface area contributed by atoms with E-state index in [1.165, 1.54) is 57.3 Å². The van der Waals surface area contributed by atoms with E-state index in [-0.39, 0.29) is 29.0 Å². The third-order valence-electron chi connectivity index (χ3n) is 5.32. The van der Waals surface area contributed by atoms with Crippen LogP contribution in [-0.2, 0) is 25.3 Å². The van der Waals surface area contributed by atoms with E-state index in [0.29, 0.717) is 25.9 Å². The van der Waals surface area contributed by atoms with E-state index in [2.05, 4.69) is 10.1 Å². The zero-order valence-corrected chi connectivity index (χ0v) is 18.5. The second-order valence-electron chi connectivity index (χ2n) is 7.86. The number of carbonyl (C=O) groups is 3. The van der Waals surface area contributed by atoms with Crippen LogP contribution >= 0.6 is 0 Å². The van der Waals surface area contributed by atoms with Crippen LogP contribution in [-0.4, -0.2) is 63.0 Å². The Balaban J connectivity index is 1.97. The van der Waals surface area contributed by atoms with Crippen LogP contribution in [0.5, 0.6) is 0 Å². The van der Waals surface area contributed by atoms with Crippen molar-refractivity contribution in [1.82, 2.24) is 10.2 Å². The van der Waals surface area contributed by atoms with Gasteiger partial charge >= 0.3 is 12.1 Å². The van der Waals surface area contributed by atoms with Gasteiger partial charge in [0.15, 0.2) is 0 Å². The quantitative estimate of drug-likeness (QED) is 0.527. The molecule has 1 aromatic rings. The number of ether oxygens (including phenoxy) is 1. The molecule has 32 heavy (non-hydrogen) atoms. The summed E-state index contributed by atoms with van der Waals surface area (Å²) in [7, 11) is 4.30. The fourth-order valence-corrected chi connectivity index (χ4v) is 3.48. The van der Waals surface area contributed by atoms with E-state index >= 15 is 0 Å². The molecule has 0 unspecified atom stereocenters. The molecule has 1 aliphatic heterocycles. The van der Waals surface area contributed by atoms with Crippen LogP contribution < -0.4 is 10.2 Å². The Morgan fingerprint density at radius 1 is 1.22 bits per heavy atom. The molecular formula is C22H28F3N3O4. The largest absolute Gasteiger partial charge is 0.467 e. The molecule has 0 spiro atoms. The average Bonchev–Trinajstić information content (AvgIpc) is 2.75. The van der Waals surface area contributed by atoms with Gasteiger partial charge in [0.2, 0.25) is 11.8 Å². The molecule has 1 heterocycles. The molecule has 1 aliphatic rings. The third kappa shape index (κ3) is 6.48. The summed E-state index contributed by atoms with van der Waals surface area (Å²) < 4.78 is 44.6. The summed E-state index contributed by atoms with van der Waals surface area (Å²) in [6.07, 6.45) is -1.07. The van der Waals surface area contributed by atoms with Crippen LogP contribution in [0.4, 0.5) is 18.9 Å². The number of hydrogen-bond donors (Lipinski definition) is 1. The van der Waals surface area contributed by atoms with Gasteiger partial charge in [-0.05, 0) is 43.5 Å². The van der Waals surface area contributed by atoms with Gasteiger partial charge in [0, 0.05) is 44.9 Å². The molecule has 2 amide bonds. The minimum absolute atomic E-state index is 0.0443. The second-order valence-corrected chi connectivity index (χ2v) is 7.86. The zero-order chi connectivity index (χ0) is 24.1. The normalized spacial score (nSPS) is 16.0. The molecule has 0 saturated carbocycles. The number of esters is 1. The van der Waals surface area contributed by atoms with Crippen molar-refractivity contribution in [2.75, 3.05) is 39.2 Å². The zero-order valence-electron chi connectivity index (χ0n) is 18.5. The first-order valence-corrected chi connectivity index (χ1v) is 10.2. The maximum atomic E-state index is 13.3. The van der Waals surface area contributed by atoms with Crippen LogP contribution in [0.1, 0.15) is 30.9 Å². The minimum Gasteiger partial charge on any atom is -0.467 e. The maximum Gasteiger partial charge on any atom is 0.418 e. The van der Waals surface area contributed by atoms with E-state index in [1.54, 1.807) is 4.90 Å². The molecule has 2 rings (SSSR count). The lowest BCUT2D eigenvalue weighted by Crippen LogP contribution is -2.46. The first-order valence-electron chi connectivity index (χ1n) is 10.2. The number of piperidine rings is 1. The smallest absolute Gasteiger partial charge is 0.418 e. The van der Waals surface area contributed by atoms with Crippen LogP contribution in [0.15, 0.2) is 24.3 Å². The molecule has 0 aromatic heterocycles. The topological polar surface area (TPSA) is 79.0 Å². The number of anilines is 1. The van der Waals surface area contributed by atoms with E-state index < -0.39 is 23.8 Å². The highest BCUT2D eigenvalue weighted by molar-refractivity contribution is 5.92. The summed E-state index contributed by atoms with van der Waals surface area (Å²) in [5.74, 6) is -1.48. The van der Waals surface area contributed by atoms with Crippen LogP contribution in [0, 0.1) is 5.92 Å². The van der Waals surface area contributed by atoms with Gasteiger partial charge in [0.25, 0.3) is 0 Å². The lowest BCUT2D eigenvalue weighted by molar-refractivity contribution is -0.145. The highest BCUT2D eigenvalue weighted by Crippen LogP contribution is 2.36. The number of hydrogen-bond acceptors (Lipinski definition) is 5. The van der Waals surface area contributed by atoms with Crippen LogP contribution in [0.25, 0.3) is 6.08 Å². The predicted octanol–water partition coefficient (Wildman–Crippen LogP) is 2.70. The highest BCUT2D eigenvalue weighted by Gasteiger charge is 2.34. The van der Waals surface area contributed by atoms with Crippen molar-refractivity contribution in [2.24, 2.45) is 5.92 Å². The average molecular weight is 455 g/mol. The van der Waals surface area contributed by atoms with Crippen LogP contribution in [0.3, 0.4) is 0 Å². The first-order chi connectivity index (χ1) is 14.9. The number of nitrogens with one attached hydrogen (secondary N) is 1. The molecule has 1 fully saturated rings. The lowest BCUT2D eigenvalue weighted by atomic mass is 9.95. The summed E-state index contributed by atoms with van der Waals surface area (Å²) in [6, 6.07) is 3.15. The molecule has 0 aliphatic carbocycles. The number of likely N-dealkylation sites (tertiary alicyclic amines) is 1. The van der Waals surface area contributed by atoms with Gasteiger partial charge in [-0.15, -0.1) is 0 Å². The van der Waals surface area contributed by atoms with Crippen molar-refractivity contribution >= 4 is 29.5 Å². The first kappa shape index (κ1) is 25.2. The summed E-state index contributed by atoms with van der Waals surface area (Å²) in [5.41, 5.74) is -0.463. The summed E-state index contributed by atoms with van der Waals surface area (Å²) >= 11 is 0. The molecule has 7 nitrogen and oxygen atoms in total. The van der Waals surface area contributed by atoms with Gasteiger partial charge in [-0.3, -0.25) is 9.59 Å². The number of carbonyl (C=O) groups excluding carboxylic acids is 3. The van der Waals surface area contributed by atoms with Crippen molar-refractivity contribution < 1.29 is 32.3 Å². The fraction of sp³-hybridized carbons (Fsp3) is 0.500. The number of alkyl halides is 3. The molecule has 0 bridgehead atoms. The number of benzene rings is 1. The molecule has 1 saturated heterocycles. The second kappa shape index (κ2) is 10.5. The molecule has 10 heteroatoms. The third-order valence-corrected chi connectivity index (χ3v) is 5.32. The maximum absolute atomic E-state index is 13.3. The highest BCUT2D eigenvalue weighted by atomic mass is 19.4. The Kier molecular flexibility index (Phi) is 8.29. The summed E-state index contributed by atoms with van der Waals surface area (Å²) in [6.45, 7) is 2.20. The number of rotatable bonds is 6.